The lowest BCUT2D eigenvalue weighted by Crippen LogP contribution is -2.31. The third-order valence-corrected chi connectivity index (χ3v) is 3.54. The van der Waals surface area contributed by atoms with Crippen molar-refractivity contribution in [2.24, 2.45) is 0 Å². The van der Waals surface area contributed by atoms with E-state index >= 15 is 0 Å². The van der Waals surface area contributed by atoms with Crippen LogP contribution in [0.25, 0.3) is 0 Å². The smallest absolute Gasteiger partial charge is 0.257 e. The Hall–Kier alpha value is -1.94. The number of rotatable bonds is 4. The van der Waals surface area contributed by atoms with Crippen LogP contribution in [0.4, 0.5) is 8.78 Å². The van der Waals surface area contributed by atoms with Crippen LogP contribution in [0.1, 0.15) is 22.8 Å². The van der Waals surface area contributed by atoms with Gasteiger partial charge in [0, 0.05) is 18.1 Å². The molecule has 0 radical (unpaired) electrons. The molecule has 0 aliphatic rings. The van der Waals surface area contributed by atoms with E-state index in [1.165, 1.54) is 17.0 Å². The highest BCUT2D eigenvalue weighted by atomic mass is 35.5. The van der Waals surface area contributed by atoms with E-state index < -0.39 is 17.5 Å². The Labute approximate surface area is 127 Å². The average molecular weight is 310 g/mol. The first-order chi connectivity index (χ1) is 10.0. The molecule has 0 aromatic heterocycles. The molecule has 110 valence electrons. The minimum atomic E-state index is -1.12. The highest BCUT2D eigenvalue weighted by Gasteiger charge is 2.20. The molecule has 2 aromatic carbocycles. The largest absolute Gasteiger partial charge is 0.334 e. The molecule has 0 spiro atoms. The Bertz CT molecular complexity index is 660. The molecule has 0 saturated heterocycles. The SMILES string of the molecule is CCN(Cc1ccccc1Cl)C(=O)c1cccc(F)c1F. The van der Waals surface area contributed by atoms with E-state index in [9.17, 15) is 13.6 Å². The van der Waals surface area contributed by atoms with Crippen LogP contribution >= 0.6 is 11.6 Å². The summed E-state index contributed by atoms with van der Waals surface area (Å²) in [6.07, 6.45) is 0. The zero-order valence-electron chi connectivity index (χ0n) is 11.4. The van der Waals surface area contributed by atoms with Gasteiger partial charge in [-0.25, -0.2) is 8.78 Å². The molecule has 0 aliphatic carbocycles. The summed E-state index contributed by atoms with van der Waals surface area (Å²) in [7, 11) is 0. The van der Waals surface area contributed by atoms with Crippen LogP contribution in [0.15, 0.2) is 42.5 Å². The standard InChI is InChI=1S/C16H14ClF2NO/c1-2-20(10-11-6-3-4-8-13(11)17)16(21)12-7-5-9-14(18)15(12)19/h3-9H,2,10H2,1H3. The number of hydrogen-bond donors (Lipinski definition) is 0. The summed E-state index contributed by atoms with van der Waals surface area (Å²) in [5, 5.41) is 0.531. The maximum Gasteiger partial charge on any atom is 0.257 e. The first-order valence-corrected chi connectivity index (χ1v) is 6.89. The molecule has 0 atom stereocenters. The monoisotopic (exact) mass is 309 g/mol. The van der Waals surface area contributed by atoms with E-state index in [0.29, 0.717) is 11.6 Å². The van der Waals surface area contributed by atoms with Crippen molar-refractivity contribution >= 4 is 17.5 Å². The van der Waals surface area contributed by atoms with E-state index in [-0.39, 0.29) is 12.1 Å². The minimum absolute atomic E-state index is 0.241. The molecule has 0 saturated carbocycles. The normalized spacial score (nSPS) is 10.5. The fourth-order valence-corrected chi connectivity index (χ4v) is 2.19. The van der Waals surface area contributed by atoms with Gasteiger partial charge in [-0.3, -0.25) is 4.79 Å². The summed E-state index contributed by atoms with van der Waals surface area (Å²) in [6, 6.07) is 10.7. The first kappa shape index (κ1) is 15.4. The Balaban J connectivity index is 2.27. The fourth-order valence-electron chi connectivity index (χ4n) is 2.00. The van der Waals surface area contributed by atoms with Gasteiger partial charge in [0.25, 0.3) is 5.91 Å². The number of carbonyl (C=O) groups is 1. The second-order valence-corrected chi connectivity index (χ2v) is 4.92. The van der Waals surface area contributed by atoms with Gasteiger partial charge in [-0.15, -0.1) is 0 Å². The maximum atomic E-state index is 13.7. The maximum absolute atomic E-state index is 13.7. The molecule has 0 heterocycles. The van der Waals surface area contributed by atoms with Crippen LogP contribution in [0, 0.1) is 11.6 Å². The molecular weight excluding hydrogens is 296 g/mol. The Kier molecular flexibility index (Phi) is 4.91. The molecule has 0 bridgehead atoms. The molecule has 0 N–H and O–H groups in total. The van der Waals surface area contributed by atoms with Gasteiger partial charge >= 0.3 is 0 Å². The first-order valence-electron chi connectivity index (χ1n) is 6.51. The molecular formula is C16H14ClF2NO. The quantitative estimate of drug-likeness (QED) is 0.825. The van der Waals surface area contributed by atoms with Crippen LogP contribution < -0.4 is 0 Å². The van der Waals surface area contributed by atoms with Crippen LogP contribution in [0.3, 0.4) is 0 Å². The van der Waals surface area contributed by atoms with Crippen LogP contribution in [-0.2, 0) is 6.54 Å². The van der Waals surface area contributed by atoms with Crippen molar-refractivity contribution in [3.8, 4) is 0 Å². The molecule has 5 heteroatoms. The number of nitrogens with zero attached hydrogens (tertiary/aromatic N) is 1. The second kappa shape index (κ2) is 6.68. The van der Waals surface area contributed by atoms with Gasteiger partial charge < -0.3 is 4.90 Å². The van der Waals surface area contributed by atoms with Crippen LogP contribution in [0.5, 0.6) is 0 Å². The highest BCUT2D eigenvalue weighted by molar-refractivity contribution is 6.31. The molecule has 2 rings (SSSR count). The molecule has 0 fully saturated rings. The minimum Gasteiger partial charge on any atom is -0.334 e. The fraction of sp³-hybridized carbons (Fsp3) is 0.188. The summed E-state index contributed by atoms with van der Waals surface area (Å²) in [5.74, 6) is -2.72. The number of benzene rings is 2. The highest BCUT2D eigenvalue weighted by Crippen LogP contribution is 2.19. The van der Waals surface area contributed by atoms with Crippen molar-refractivity contribution in [3.63, 3.8) is 0 Å². The topological polar surface area (TPSA) is 20.3 Å². The van der Waals surface area contributed by atoms with E-state index in [0.717, 1.165) is 11.6 Å². The van der Waals surface area contributed by atoms with E-state index in [1.54, 1.807) is 25.1 Å². The lowest BCUT2D eigenvalue weighted by molar-refractivity contribution is 0.0747. The Morgan fingerprint density at radius 3 is 2.52 bits per heavy atom. The molecule has 2 aromatic rings. The third-order valence-electron chi connectivity index (χ3n) is 3.17. The molecule has 1 amide bonds. The molecule has 0 unspecified atom stereocenters. The average Bonchev–Trinajstić information content (AvgIpc) is 2.48. The van der Waals surface area contributed by atoms with Gasteiger partial charge in [0.1, 0.15) is 0 Å². The van der Waals surface area contributed by atoms with Crippen molar-refractivity contribution in [1.82, 2.24) is 4.90 Å². The van der Waals surface area contributed by atoms with Crippen molar-refractivity contribution in [3.05, 3.63) is 70.2 Å². The second-order valence-electron chi connectivity index (χ2n) is 4.51. The number of hydrogen-bond acceptors (Lipinski definition) is 1. The summed E-state index contributed by atoms with van der Waals surface area (Å²) in [4.78, 5) is 13.8. The predicted molar refractivity (Wildman–Crippen MR) is 78.2 cm³/mol. The summed E-state index contributed by atoms with van der Waals surface area (Å²) in [5.41, 5.74) is 0.482. The zero-order chi connectivity index (χ0) is 15.4. The molecule has 0 aliphatic heterocycles. The Morgan fingerprint density at radius 1 is 1.14 bits per heavy atom. The van der Waals surface area contributed by atoms with E-state index in [1.807, 2.05) is 6.07 Å². The van der Waals surface area contributed by atoms with Gasteiger partial charge in [-0.1, -0.05) is 35.9 Å². The van der Waals surface area contributed by atoms with Crippen molar-refractivity contribution < 1.29 is 13.6 Å². The van der Waals surface area contributed by atoms with Crippen molar-refractivity contribution in [1.29, 1.82) is 0 Å². The summed E-state index contributed by atoms with van der Waals surface area (Å²) < 4.78 is 26.9. The van der Waals surface area contributed by atoms with Gasteiger partial charge in [-0.2, -0.15) is 0 Å². The predicted octanol–water partition coefficient (Wildman–Crippen LogP) is 4.28. The van der Waals surface area contributed by atoms with Gasteiger partial charge in [0.05, 0.1) is 5.56 Å². The number of amides is 1. The lowest BCUT2D eigenvalue weighted by atomic mass is 10.1. The molecule has 21 heavy (non-hydrogen) atoms. The van der Waals surface area contributed by atoms with E-state index in [4.69, 9.17) is 11.6 Å². The Morgan fingerprint density at radius 2 is 1.86 bits per heavy atom. The zero-order valence-corrected chi connectivity index (χ0v) is 12.2. The van der Waals surface area contributed by atoms with Crippen LogP contribution in [0.2, 0.25) is 5.02 Å². The number of halogens is 3. The summed E-state index contributed by atoms with van der Waals surface area (Å²) in [6.45, 7) is 2.37. The van der Waals surface area contributed by atoms with Crippen molar-refractivity contribution in [2.45, 2.75) is 13.5 Å². The van der Waals surface area contributed by atoms with Crippen molar-refractivity contribution in [2.75, 3.05) is 6.54 Å². The van der Waals surface area contributed by atoms with Gasteiger partial charge in [-0.05, 0) is 30.7 Å². The summed E-state index contributed by atoms with van der Waals surface area (Å²) >= 11 is 6.06. The van der Waals surface area contributed by atoms with Gasteiger partial charge in [0.15, 0.2) is 11.6 Å². The van der Waals surface area contributed by atoms with Crippen LogP contribution in [-0.4, -0.2) is 17.4 Å². The number of carbonyl (C=O) groups excluding carboxylic acids is 1. The lowest BCUT2D eigenvalue weighted by Gasteiger charge is -2.22. The van der Waals surface area contributed by atoms with E-state index in [2.05, 4.69) is 0 Å². The molecule has 2 nitrogen and oxygen atoms in total. The third kappa shape index (κ3) is 3.39. The van der Waals surface area contributed by atoms with Gasteiger partial charge in [0.2, 0.25) is 0 Å².